The number of nitrogens with one attached hydrogen (secondary N) is 3. The summed E-state index contributed by atoms with van der Waals surface area (Å²) < 4.78 is 6.09. The van der Waals surface area contributed by atoms with Gasteiger partial charge in [0.1, 0.15) is 11.4 Å². The molecule has 162 valence electrons. The minimum atomic E-state index is -0.262. The first-order valence-electron chi connectivity index (χ1n) is 10.0. The van der Waals surface area contributed by atoms with Crippen LogP contribution in [0.1, 0.15) is 43.9 Å². The molecule has 0 saturated carbocycles. The van der Waals surface area contributed by atoms with Gasteiger partial charge in [-0.3, -0.25) is 9.79 Å². The molecule has 0 fully saturated rings. The Bertz CT molecular complexity index is 855. The largest absolute Gasteiger partial charge is 0.487 e. The fraction of sp³-hybridized carbons (Fsp3) is 0.391. The number of ether oxygens (including phenoxy) is 1. The average Bonchev–Trinajstić information content (AvgIpc) is 2.71. The van der Waals surface area contributed by atoms with Crippen molar-refractivity contribution in [3.8, 4) is 5.75 Å². The van der Waals surface area contributed by atoms with Gasteiger partial charge in [0, 0.05) is 38.5 Å². The summed E-state index contributed by atoms with van der Waals surface area (Å²) in [7, 11) is 1.74. The van der Waals surface area contributed by atoms with E-state index in [1.807, 2.05) is 48.5 Å². The highest BCUT2D eigenvalue weighted by molar-refractivity contribution is 14.0. The number of fused-ring (bicyclic) bond motifs is 1. The zero-order valence-corrected chi connectivity index (χ0v) is 20.1. The number of hydrogen-bond donors (Lipinski definition) is 3. The Morgan fingerprint density at radius 2 is 1.80 bits per heavy atom. The maximum absolute atomic E-state index is 12.1. The summed E-state index contributed by atoms with van der Waals surface area (Å²) in [5.41, 5.74) is 1.95. The molecule has 2 aromatic carbocycles. The molecular weight excluding hydrogens is 491 g/mol. The first kappa shape index (κ1) is 24.0. The Kier molecular flexibility index (Phi) is 8.95. The molecule has 1 amide bonds. The fourth-order valence-electron chi connectivity index (χ4n) is 3.47. The molecule has 0 spiro atoms. The minimum Gasteiger partial charge on any atom is -0.487 e. The van der Waals surface area contributed by atoms with E-state index in [2.05, 4.69) is 40.9 Å². The second-order valence-corrected chi connectivity index (χ2v) is 7.81. The van der Waals surface area contributed by atoms with Crippen LogP contribution in [0.15, 0.2) is 59.6 Å². The van der Waals surface area contributed by atoms with Gasteiger partial charge in [-0.15, -0.1) is 24.0 Å². The Balaban J connectivity index is 0.00000320. The number of nitrogens with zero attached hydrogens (tertiary/aromatic N) is 1. The molecule has 1 aliphatic rings. The van der Waals surface area contributed by atoms with Gasteiger partial charge in [-0.2, -0.15) is 0 Å². The molecule has 0 radical (unpaired) electrons. The monoisotopic (exact) mass is 522 g/mol. The van der Waals surface area contributed by atoms with Crippen LogP contribution >= 0.6 is 24.0 Å². The predicted molar refractivity (Wildman–Crippen MR) is 131 cm³/mol. The van der Waals surface area contributed by atoms with Crippen LogP contribution in [0.25, 0.3) is 0 Å². The van der Waals surface area contributed by atoms with Crippen LogP contribution in [0.2, 0.25) is 0 Å². The second-order valence-electron chi connectivity index (χ2n) is 7.81. The van der Waals surface area contributed by atoms with Crippen molar-refractivity contribution in [2.24, 2.45) is 4.99 Å². The normalized spacial score (nSPS) is 17.0. The smallest absolute Gasteiger partial charge is 0.222 e. The van der Waals surface area contributed by atoms with Gasteiger partial charge in [0.15, 0.2) is 5.96 Å². The van der Waals surface area contributed by atoms with E-state index < -0.39 is 0 Å². The van der Waals surface area contributed by atoms with Crippen molar-refractivity contribution in [1.29, 1.82) is 0 Å². The predicted octanol–water partition coefficient (Wildman–Crippen LogP) is 3.78. The summed E-state index contributed by atoms with van der Waals surface area (Å²) in [4.78, 5) is 16.4. The lowest BCUT2D eigenvalue weighted by Gasteiger charge is -2.38. The van der Waals surface area contributed by atoms with Crippen LogP contribution in [0.4, 0.5) is 0 Å². The van der Waals surface area contributed by atoms with Crippen molar-refractivity contribution in [1.82, 2.24) is 16.0 Å². The maximum atomic E-state index is 12.1. The molecule has 1 unspecified atom stereocenters. The Morgan fingerprint density at radius 3 is 2.53 bits per heavy atom. The van der Waals surface area contributed by atoms with Gasteiger partial charge in [0.25, 0.3) is 0 Å². The Hall–Kier alpha value is -2.29. The number of benzene rings is 2. The lowest BCUT2D eigenvalue weighted by Crippen LogP contribution is -2.45. The van der Waals surface area contributed by atoms with E-state index >= 15 is 0 Å². The van der Waals surface area contributed by atoms with Crippen LogP contribution < -0.4 is 20.7 Å². The number of carbonyl (C=O) groups is 1. The van der Waals surface area contributed by atoms with Gasteiger partial charge in [0.05, 0.1) is 6.04 Å². The Morgan fingerprint density at radius 1 is 1.10 bits per heavy atom. The van der Waals surface area contributed by atoms with Crippen molar-refractivity contribution in [3.63, 3.8) is 0 Å². The SMILES string of the molecule is CN=C(NCCC(=O)NCc1ccccc1)NC1CC(C)(C)Oc2ccccc21.I. The van der Waals surface area contributed by atoms with Crippen molar-refractivity contribution in [2.75, 3.05) is 13.6 Å². The third-order valence-electron chi connectivity index (χ3n) is 4.89. The molecule has 30 heavy (non-hydrogen) atoms. The average molecular weight is 522 g/mol. The number of aliphatic imine (C=N–C) groups is 1. The third-order valence-corrected chi connectivity index (χ3v) is 4.89. The molecule has 1 heterocycles. The Labute approximate surface area is 195 Å². The summed E-state index contributed by atoms with van der Waals surface area (Å²) >= 11 is 0. The van der Waals surface area contributed by atoms with Crippen LogP contribution in [0.5, 0.6) is 5.75 Å². The highest BCUT2D eigenvalue weighted by Crippen LogP contribution is 2.39. The molecule has 3 rings (SSSR count). The van der Waals surface area contributed by atoms with Crippen molar-refractivity contribution in [3.05, 3.63) is 65.7 Å². The van der Waals surface area contributed by atoms with E-state index in [1.54, 1.807) is 7.05 Å². The summed E-state index contributed by atoms with van der Waals surface area (Å²) in [6.45, 7) is 5.23. The summed E-state index contributed by atoms with van der Waals surface area (Å²) in [5.74, 6) is 1.59. The molecule has 3 N–H and O–H groups in total. The lowest BCUT2D eigenvalue weighted by molar-refractivity contribution is -0.121. The zero-order valence-electron chi connectivity index (χ0n) is 17.8. The van der Waals surface area contributed by atoms with Crippen LogP contribution in [0, 0.1) is 0 Å². The highest BCUT2D eigenvalue weighted by atomic mass is 127. The number of carbonyl (C=O) groups excluding carboxylic acids is 1. The van der Waals surface area contributed by atoms with E-state index in [4.69, 9.17) is 4.74 Å². The van der Waals surface area contributed by atoms with Crippen molar-refractivity contribution in [2.45, 2.75) is 44.9 Å². The zero-order chi connectivity index (χ0) is 20.7. The van der Waals surface area contributed by atoms with Gasteiger partial charge < -0.3 is 20.7 Å². The number of halogens is 1. The standard InChI is InChI=1S/C23H30N4O2.HI/c1-23(2)15-19(18-11-7-8-12-20(18)29-23)27-22(24-3)25-14-13-21(28)26-16-17-9-5-4-6-10-17;/h4-12,19H,13-16H2,1-3H3,(H,26,28)(H2,24,25,27);1H. The van der Waals surface area contributed by atoms with Crippen LogP contribution in [0.3, 0.4) is 0 Å². The maximum Gasteiger partial charge on any atom is 0.222 e. The number of guanidine groups is 1. The van der Waals surface area contributed by atoms with Crippen LogP contribution in [-0.2, 0) is 11.3 Å². The van der Waals surface area contributed by atoms with Gasteiger partial charge >= 0.3 is 0 Å². The van der Waals surface area contributed by atoms with Gasteiger partial charge in [0.2, 0.25) is 5.91 Å². The van der Waals surface area contributed by atoms with Gasteiger partial charge in [-0.25, -0.2) is 0 Å². The van der Waals surface area contributed by atoms with Crippen molar-refractivity contribution >= 4 is 35.8 Å². The molecule has 2 aromatic rings. The molecule has 7 heteroatoms. The van der Waals surface area contributed by atoms with E-state index in [0.29, 0.717) is 25.5 Å². The molecule has 6 nitrogen and oxygen atoms in total. The molecule has 1 atom stereocenters. The molecule has 0 bridgehead atoms. The number of para-hydroxylation sites is 1. The molecular formula is C23H31IN4O2. The van der Waals surface area contributed by atoms with E-state index in [9.17, 15) is 4.79 Å². The van der Waals surface area contributed by atoms with E-state index in [0.717, 1.165) is 23.3 Å². The van der Waals surface area contributed by atoms with Gasteiger partial charge in [-0.05, 0) is 25.5 Å². The second kappa shape index (κ2) is 11.2. The van der Waals surface area contributed by atoms with E-state index in [1.165, 1.54) is 0 Å². The first-order valence-corrected chi connectivity index (χ1v) is 10.0. The minimum absolute atomic E-state index is 0. The molecule has 0 aliphatic carbocycles. The number of hydrogen-bond acceptors (Lipinski definition) is 3. The summed E-state index contributed by atoms with van der Waals surface area (Å²) in [6.07, 6.45) is 1.20. The number of rotatable bonds is 6. The number of amides is 1. The third kappa shape index (κ3) is 6.90. The van der Waals surface area contributed by atoms with Gasteiger partial charge in [-0.1, -0.05) is 48.5 Å². The van der Waals surface area contributed by atoms with Crippen LogP contribution in [-0.4, -0.2) is 31.1 Å². The van der Waals surface area contributed by atoms with Crippen molar-refractivity contribution < 1.29 is 9.53 Å². The topological polar surface area (TPSA) is 74.8 Å². The quantitative estimate of drug-likeness (QED) is 0.307. The summed E-state index contributed by atoms with van der Waals surface area (Å²) in [6, 6.07) is 18.1. The molecule has 0 aromatic heterocycles. The molecule has 1 aliphatic heterocycles. The first-order chi connectivity index (χ1) is 14.0. The van der Waals surface area contributed by atoms with E-state index in [-0.39, 0.29) is 41.5 Å². The summed E-state index contributed by atoms with van der Waals surface area (Å²) in [5, 5.41) is 9.66. The lowest BCUT2D eigenvalue weighted by atomic mass is 9.90. The highest BCUT2D eigenvalue weighted by Gasteiger charge is 2.33. The fourth-order valence-corrected chi connectivity index (χ4v) is 3.47. The molecule has 0 saturated heterocycles.